The van der Waals surface area contributed by atoms with Crippen molar-refractivity contribution in [3.8, 4) is 11.1 Å². The Morgan fingerprint density at radius 2 is 1.79 bits per heavy atom. The lowest BCUT2D eigenvalue weighted by molar-refractivity contribution is 0.0716. The van der Waals surface area contributed by atoms with E-state index >= 15 is 0 Å². The van der Waals surface area contributed by atoms with Crippen LogP contribution in [0.5, 0.6) is 0 Å². The number of carbonyl (C=O) groups excluding carboxylic acids is 1. The number of aromatic nitrogens is 1. The molecule has 0 saturated carbocycles. The van der Waals surface area contributed by atoms with Crippen LogP contribution < -0.4 is 0 Å². The van der Waals surface area contributed by atoms with Gasteiger partial charge in [0.05, 0.1) is 5.56 Å². The second-order valence-electron chi connectivity index (χ2n) is 7.24. The maximum absolute atomic E-state index is 13.1. The molecule has 4 aromatic rings. The maximum Gasteiger partial charge on any atom is 0.255 e. The molecule has 2 heterocycles. The van der Waals surface area contributed by atoms with E-state index in [0.29, 0.717) is 18.0 Å². The first-order valence-corrected chi connectivity index (χ1v) is 10.5. The zero-order valence-corrected chi connectivity index (χ0v) is 17.3. The fourth-order valence-corrected chi connectivity index (χ4v) is 4.41. The molecule has 1 aliphatic rings. The van der Waals surface area contributed by atoms with Crippen LogP contribution in [-0.4, -0.2) is 22.3 Å². The molecule has 1 atom stereocenters. The van der Waals surface area contributed by atoms with Crippen LogP contribution in [0.15, 0.2) is 81.7 Å². The minimum atomic E-state index is -0.137. The summed E-state index contributed by atoms with van der Waals surface area (Å²) >= 11 is 3.49. The van der Waals surface area contributed by atoms with E-state index < -0.39 is 0 Å². The number of hydrogen-bond donors (Lipinski definition) is 0. The number of rotatable bonds is 3. The van der Waals surface area contributed by atoms with Crippen molar-refractivity contribution < 1.29 is 9.21 Å². The highest BCUT2D eigenvalue weighted by Crippen LogP contribution is 2.36. The summed E-state index contributed by atoms with van der Waals surface area (Å²) in [5.41, 5.74) is 4.49. The van der Waals surface area contributed by atoms with Crippen LogP contribution in [-0.2, 0) is 0 Å². The van der Waals surface area contributed by atoms with Gasteiger partial charge in [0.1, 0.15) is 11.6 Å². The monoisotopic (exact) mass is 446 g/mol. The fraction of sp³-hybridized carbons (Fsp3) is 0.167. The van der Waals surface area contributed by atoms with Gasteiger partial charge in [-0.3, -0.25) is 4.79 Å². The smallest absolute Gasteiger partial charge is 0.255 e. The Hall–Kier alpha value is -2.92. The summed E-state index contributed by atoms with van der Waals surface area (Å²) in [5.74, 6) is 0.621. The molecule has 29 heavy (non-hydrogen) atoms. The summed E-state index contributed by atoms with van der Waals surface area (Å²) < 4.78 is 6.88. The van der Waals surface area contributed by atoms with Crippen molar-refractivity contribution >= 4 is 32.9 Å². The van der Waals surface area contributed by atoms with Crippen molar-refractivity contribution in [2.24, 2.45) is 0 Å². The number of fused-ring (bicyclic) bond motifs is 1. The van der Waals surface area contributed by atoms with E-state index in [0.717, 1.165) is 39.5 Å². The van der Waals surface area contributed by atoms with Crippen LogP contribution in [0.4, 0.5) is 0 Å². The molecule has 1 amide bonds. The number of halogens is 1. The number of amides is 1. The second kappa shape index (κ2) is 7.48. The van der Waals surface area contributed by atoms with Gasteiger partial charge in [0.2, 0.25) is 5.89 Å². The molecule has 0 aliphatic carbocycles. The summed E-state index contributed by atoms with van der Waals surface area (Å²) in [6.45, 7) is 0.707. The highest BCUT2D eigenvalue weighted by Gasteiger charge is 2.34. The Labute approximate surface area is 177 Å². The van der Waals surface area contributed by atoms with Gasteiger partial charge in [-0.25, -0.2) is 4.98 Å². The highest BCUT2D eigenvalue weighted by atomic mass is 79.9. The van der Waals surface area contributed by atoms with Crippen LogP contribution in [0.3, 0.4) is 0 Å². The Morgan fingerprint density at radius 3 is 2.62 bits per heavy atom. The van der Waals surface area contributed by atoms with Crippen LogP contribution >= 0.6 is 15.9 Å². The molecule has 1 saturated heterocycles. The van der Waals surface area contributed by atoms with E-state index in [1.165, 1.54) is 0 Å². The van der Waals surface area contributed by atoms with Crippen LogP contribution in [0.25, 0.3) is 22.2 Å². The largest absolute Gasteiger partial charge is 0.438 e. The van der Waals surface area contributed by atoms with Gasteiger partial charge in [-0.15, -0.1) is 0 Å². The standard InChI is InChI=1S/C24H19BrN2O2/c25-19-10-5-4-9-18(19)24(28)27-14-6-11-21(27)23-26-20-15-17(12-13-22(20)29-23)16-7-2-1-3-8-16/h1-5,7-10,12-13,15,21H,6,11,14H2/t21-/m1/s1. The molecule has 3 aromatic carbocycles. The molecule has 1 aromatic heterocycles. The Kier molecular flexibility index (Phi) is 4.68. The van der Waals surface area contributed by atoms with E-state index in [2.05, 4.69) is 28.1 Å². The number of nitrogens with zero attached hydrogens (tertiary/aromatic N) is 2. The van der Waals surface area contributed by atoms with Crippen molar-refractivity contribution in [2.45, 2.75) is 18.9 Å². The molecular weight excluding hydrogens is 428 g/mol. The zero-order chi connectivity index (χ0) is 19.8. The molecule has 0 spiro atoms. The quantitative estimate of drug-likeness (QED) is 0.374. The second-order valence-corrected chi connectivity index (χ2v) is 8.09. The number of carbonyl (C=O) groups is 1. The van der Waals surface area contributed by atoms with Crippen molar-refractivity contribution in [3.63, 3.8) is 0 Å². The van der Waals surface area contributed by atoms with Gasteiger partial charge in [0.15, 0.2) is 5.58 Å². The third-order valence-electron chi connectivity index (χ3n) is 5.41. The molecule has 0 radical (unpaired) electrons. The first kappa shape index (κ1) is 18.1. The van der Waals surface area contributed by atoms with Gasteiger partial charge >= 0.3 is 0 Å². The van der Waals surface area contributed by atoms with Gasteiger partial charge < -0.3 is 9.32 Å². The fourth-order valence-electron chi connectivity index (χ4n) is 3.95. The molecule has 5 rings (SSSR count). The third-order valence-corrected chi connectivity index (χ3v) is 6.11. The molecule has 144 valence electrons. The molecule has 4 nitrogen and oxygen atoms in total. The Bertz CT molecular complexity index is 1190. The first-order chi connectivity index (χ1) is 14.2. The molecule has 5 heteroatoms. The molecular formula is C24H19BrN2O2. The molecule has 1 aliphatic heterocycles. The van der Waals surface area contributed by atoms with E-state index in [1.54, 1.807) is 0 Å². The van der Waals surface area contributed by atoms with Gasteiger partial charge in [-0.1, -0.05) is 48.5 Å². The topological polar surface area (TPSA) is 46.3 Å². The molecule has 0 bridgehead atoms. The van der Waals surface area contributed by atoms with Gasteiger partial charge in [0.25, 0.3) is 5.91 Å². The zero-order valence-electron chi connectivity index (χ0n) is 15.7. The van der Waals surface area contributed by atoms with E-state index in [-0.39, 0.29) is 11.9 Å². The minimum absolute atomic E-state index is 0.00667. The van der Waals surface area contributed by atoms with Gasteiger partial charge in [0, 0.05) is 11.0 Å². The van der Waals surface area contributed by atoms with Crippen LogP contribution in [0.2, 0.25) is 0 Å². The minimum Gasteiger partial charge on any atom is -0.438 e. The molecule has 1 fully saturated rings. The van der Waals surface area contributed by atoms with E-state index in [9.17, 15) is 4.79 Å². The maximum atomic E-state index is 13.1. The lowest BCUT2D eigenvalue weighted by Gasteiger charge is -2.22. The van der Waals surface area contributed by atoms with Crippen molar-refractivity contribution in [1.82, 2.24) is 9.88 Å². The molecule has 0 unspecified atom stereocenters. The number of likely N-dealkylation sites (tertiary alicyclic amines) is 1. The van der Waals surface area contributed by atoms with Crippen molar-refractivity contribution in [3.05, 3.63) is 88.7 Å². The third kappa shape index (κ3) is 3.36. The van der Waals surface area contributed by atoms with Crippen LogP contribution in [0.1, 0.15) is 35.1 Å². The van der Waals surface area contributed by atoms with Gasteiger partial charge in [-0.05, 0) is 64.2 Å². The summed E-state index contributed by atoms with van der Waals surface area (Å²) in [5, 5.41) is 0. The predicted octanol–water partition coefficient (Wildman–Crippen LogP) is 6.23. The van der Waals surface area contributed by atoms with E-state index in [1.807, 2.05) is 65.6 Å². The number of benzene rings is 3. The van der Waals surface area contributed by atoms with E-state index in [4.69, 9.17) is 9.40 Å². The normalized spacial score (nSPS) is 16.4. The lowest BCUT2D eigenvalue weighted by atomic mass is 10.1. The average molecular weight is 447 g/mol. The first-order valence-electron chi connectivity index (χ1n) is 9.72. The Balaban J connectivity index is 1.48. The summed E-state index contributed by atoms with van der Waals surface area (Å²) in [7, 11) is 0. The number of oxazole rings is 1. The highest BCUT2D eigenvalue weighted by molar-refractivity contribution is 9.10. The summed E-state index contributed by atoms with van der Waals surface area (Å²) in [4.78, 5) is 19.8. The average Bonchev–Trinajstić information content (AvgIpc) is 3.40. The Morgan fingerprint density at radius 1 is 1.00 bits per heavy atom. The van der Waals surface area contributed by atoms with Gasteiger partial charge in [-0.2, -0.15) is 0 Å². The summed E-state index contributed by atoms with van der Waals surface area (Å²) in [6, 6.07) is 23.7. The SMILES string of the molecule is O=C(c1ccccc1Br)N1CCC[C@@H]1c1nc2cc(-c3ccccc3)ccc2o1. The lowest BCUT2D eigenvalue weighted by Crippen LogP contribution is -2.30. The van der Waals surface area contributed by atoms with Crippen molar-refractivity contribution in [1.29, 1.82) is 0 Å². The predicted molar refractivity (Wildman–Crippen MR) is 117 cm³/mol. The number of hydrogen-bond acceptors (Lipinski definition) is 3. The van der Waals surface area contributed by atoms with Crippen LogP contribution in [0, 0.1) is 0 Å². The summed E-state index contributed by atoms with van der Waals surface area (Å²) in [6.07, 6.45) is 1.80. The molecule has 0 N–H and O–H groups in total. The van der Waals surface area contributed by atoms with Crippen molar-refractivity contribution in [2.75, 3.05) is 6.54 Å².